The largest absolute Gasteiger partial charge is 1.00 e. The fourth-order valence-corrected chi connectivity index (χ4v) is 7.08. The second-order valence-electron chi connectivity index (χ2n) is 10.9. The lowest BCUT2D eigenvalue weighted by Crippen LogP contribution is -3.00. The lowest BCUT2D eigenvalue weighted by molar-refractivity contribution is -0.954. The number of halogens is 1. The summed E-state index contributed by atoms with van der Waals surface area (Å²) in [4.78, 5) is 8.48. The monoisotopic (exact) mass is 546 g/mol. The molecular formula is C26H51IN4. The second-order valence-corrected chi connectivity index (χ2v) is 10.9. The standard InChI is InChI=1S/C26H51N4.HI/c1-2-3-4-5-6-7-8-9-10-11-12-13-14-15-22-30-23-20-28-17-16-27-18-19-29(21-24-30)26(30)25(27)28;/h25-26H,2-24H2,1H3;1H/q+1;/p-1. The Kier molecular flexibility index (Phi) is 11.4. The Morgan fingerprint density at radius 3 is 1.52 bits per heavy atom. The fourth-order valence-electron chi connectivity index (χ4n) is 7.08. The van der Waals surface area contributed by atoms with Gasteiger partial charge in [-0.25, -0.2) is 4.90 Å². The van der Waals surface area contributed by atoms with E-state index in [2.05, 4.69) is 21.6 Å². The van der Waals surface area contributed by atoms with Gasteiger partial charge in [-0.1, -0.05) is 84.0 Å². The van der Waals surface area contributed by atoms with Gasteiger partial charge in [0.1, 0.15) is 6.17 Å². The van der Waals surface area contributed by atoms with E-state index in [0.717, 1.165) is 12.3 Å². The number of nitrogens with zero attached hydrogens (tertiary/aromatic N) is 4. The van der Waals surface area contributed by atoms with Crippen LogP contribution in [-0.2, 0) is 0 Å². The normalized spacial score (nSPS) is 30.5. The first-order chi connectivity index (χ1) is 14.8. The lowest BCUT2D eigenvalue weighted by Gasteiger charge is -2.54. The molecule has 0 aromatic rings. The Labute approximate surface area is 210 Å². The van der Waals surface area contributed by atoms with Crippen molar-refractivity contribution in [3.8, 4) is 0 Å². The van der Waals surface area contributed by atoms with Crippen LogP contribution in [0.1, 0.15) is 96.8 Å². The van der Waals surface area contributed by atoms with Crippen LogP contribution in [0.4, 0.5) is 0 Å². The van der Waals surface area contributed by atoms with Crippen molar-refractivity contribution in [2.45, 2.75) is 109 Å². The van der Waals surface area contributed by atoms with E-state index in [1.165, 1.54) is 153 Å². The molecule has 0 aromatic heterocycles. The average Bonchev–Trinajstić information content (AvgIpc) is 3.35. The van der Waals surface area contributed by atoms with E-state index in [1.807, 2.05) is 0 Å². The van der Waals surface area contributed by atoms with E-state index in [-0.39, 0.29) is 24.0 Å². The van der Waals surface area contributed by atoms with Gasteiger partial charge in [-0.2, -0.15) is 0 Å². The maximum atomic E-state index is 2.86. The van der Waals surface area contributed by atoms with Gasteiger partial charge < -0.3 is 28.5 Å². The zero-order chi connectivity index (χ0) is 20.7. The molecule has 182 valence electrons. The van der Waals surface area contributed by atoms with Gasteiger partial charge in [0.05, 0.1) is 26.2 Å². The molecule has 3 unspecified atom stereocenters. The SMILES string of the molecule is CCCCCCCCCCCCCCCC[N+]12CCN3CCN4CCN(CC1)C2C43.[I-]. The van der Waals surface area contributed by atoms with Crippen molar-refractivity contribution in [2.24, 2.45) is 0 Å². The van der Waals surface area contributed by atoms with Crippen molar-refractivity contribution in [1.82, 2.24) is 14.7 Å². The summed E-state index contributed by atoms with van der Waals surface area (Å²) in [5.74, 6) is 0. The van der Waals surface area contributed by atoms with Crippen molar-refractivity contribution in [1.29, 1.82) is 0 Å². The zero-order valence-corrected chi connectivity index (χ0v) is 22.7. The van der Waals surface area contributed by atoms with Crippen LogP contribution in [0.3, 0.4) is 0 Å². The predicted octanol–water partition coefficient (Wildman–Crippen LogP) is 1.90. The van der Waals surface area contributed by atoms with Crippen LogP contribution >= 0.6 is 0 Å². The molecule has 0 aromatic carbocycles. The summed E-state index contributed by atoms with van der Waals surface area (Å²) in [7, 11) is 0. The van der Waals surface area contributed by atoms with Gasteiger partial charge in [0, 0.05) is 32.7 Å². The summed E-state index contributed by atoms with van der Waals surface area (Å²) >= 11 is 0. The average molecular weight is 547 g/mol. The third-order valence-corrected chi connectivity index (χ3v) is 8.92. The molecule has 0 radical (unpaired) electrons. The Hall–Kier alpha value is 0.570. The van der Waals surface area contributed by atoms with Gasteiger partial charge in [-0.15, -0.1) is 0 Å². The Balaban J connectivity index is 0.00000272. The summed E-state index contributed by atoms with van der Waals surface area (Å²) in [5, 5.41) is 0. The van der Waals surface area contributed by atoms with E-state index >= 15 is 0 Å². The molecule has 4 saturated heterocycles. The van der Waals surface area contributed by atoms with E-state index < -0.39 is 0 Å². The quantitative estimate of drug-likeness (QED) is 0.177. The number of piperazine rings is 2. The molecule has 0 bridgehead atoms. The smallest absolute Gasteiger partial charge is 0.175 e. The molecule has 4 rings (SSSR count). The first kappa shape index (κ1) is 26.2. The number of unbranched alkanes of at least 4 members (excludes halogenated alkanes) is 13. The van der Waals surface area contributed by atoms with E-state index in [0.29, 0.717) is 0 Å². The number of quaternary nitrogens is 1. The first-order valence-corrected chi connectivity index (χ1v) is 13.9. The van der Waals surface area contributed by atoms with Crippen molar-refractivity contribution in [3.63, 3.8) is 0 Å². The van der Waals surface area contributed by atoms with Crippen molar-refractivity contribution >= 4 is 0 Å². The summed E-state index contributed by atoms with van der Waals surface area (Å²) in [6, 6.07) is 0. The fraction of sp³-hybridized carbons (Fsp3) is 1.00. The van der Waals surface area contributed by atoms with Crippen LogP contribution in [-0.4, -0.2) is 90.4 Å². The third kappa shape index (κ3) is 6.58. The van der Waals surface area contributed by atoms with Gasteiger partial charge in [0.2, 0.25) is 0 Å². The highest BCUT2D eigenvalue weighted by Gasteiger charge is 2.59. The predicted molar refractivity (Wildman–Crippen MR) is 127 cm³/mol. The van der Waals surface area contributed by atoms with Gasteiger partial charge in [0.15, 0.2) is 6.17 Å². The minimum absolute atomic E-state index is 0. The summed E-state index contributed by atoms with van der Waals surface area (Å²) < 4.78 is 1.44. The molecule has 5 heteroatoms. The molecule has 31 heavy (non-hydrogen) atoms. The number of hydrogen-bond acceptors (Lipinski definition) is 3. The molecule has 0 spiro atoms. The lowest BCUT2D eigenvalue weighted by atomic mass is 10.0. The maximum Gasteiger partial charge on any atom is 0.175 e. The zero-order valence-electron chi connectivity index (χ0n) is 20.6. The molecule has 0 aliphatic carbocycles. The Bertz CT molecular complexity index is 498. The van der Waals surface area contributed by atoms with Crippen LogP contribution in [0.25, 0.3) is 0 Å². The minimum atomic E-state index is 0. The summed E-state index contributed by atoms with van der Waals surface area (Å²) in [6.45, 7) is 14.6. The second kappa shape index (κ2) is 13.5. The van der Waals surface area contributed by atoms with Crippen LogP contribution in [0, 0.1) is 0 Å². The molecule has 0 saturated carbocycles. The van der Waals surface area contributed by atoms with Crippen LogP contribution in [0.2, 0.25) is 0 Å². The Morgan fingerprint density at radius 2 is 0.968 bits per heavy atom. The van der Waals surface area contributed by atoms with Crippen molar-refractivity contribution < 1.29 is 28.5 Å². The van der Waals surface area contributed by atoms with Crippen molar-refractivity contribution in [2.75, 3.05) is 58.9 Å². The van der Waals surface area contributed by atoms with Crippen molar-refractivity contribution in [3.05, 3.63) is 0 Å². The number of rotatable bonds is 15. The van der Waals surface area contributed by atoms with Crippen LogP contribution < -0.4 is 24.0 Å². The molecule has 4 aliphatic rings. The molecule has 3 atom stereocenters. The molecule has 4 aliphatic heterocycles. The van der Waals surface area contributed by atoms with E-state index in [4.69, 9.17) is 0 Å². The van der Waals surface area contributed by atoms with E-state index in [9.17, 15) is 0 Å². The first-order valence-electron chi connectivity index (χ1n) is 13.9. The van der Waals surface area contributed by atoms with E-state index in [1.54, 1.807) is 0 Å². The van der Waals surface area contributed by atoms with Gasteiger partial charge in [0.25, 0.3) is 0 Å². The maximum absolute atomic E-state index is 2.86. The molecule has 0 N–H and O–H groups in total. The highest BCUT2D eigenvalue weighted by Crippen LogP contribution is 2.39. The third-order valence-electron chi connectivity index (χ3n) is 8.92. The topological polar surface area (TPSA) is 9.72 Å². The van der Waals surface area contributed by atoms with Gasteiger partial charge in [-0.05, 0) is 12.8 Å². The van der Waals surface area contributed by atoms with Gasteiger partial charge in [-0.3, -0.25) is 9.80 Å². The molecule has 4 heterocycles. The molecule has 4 nitrogen and oxygen atoms in total. The minimum Gasteiger partial charge on any atom is -1.00 e. The van der Waals surface area contributed by atoms with Crippen LogP contribution in [0.15, 0.2) is 0 Å². The van der Waals surface area contributed by atoms with Crippen LogP contribution in [0.5, 0.6) is 0 Å². The molecule has 4 fully saturated rings. The Morgan fingerprint density at radius 1 is 0.548 bits per heavy atom. The van der Waals surface area contributed by atoms with Gasteiger partial charge >= 0.3 is 0 Å². The summed E-state index contributed by atoms with van der Waals surface area (Å²) in [5.41, 5.74) is 0. The molecular weight excluding hydrogens is 495 g/mol. The molecule has 0 amide bonds. The highest BCUT2D eigenvalue weighted by atomic mass is 127. The highest BCUT2D eigenvalue weighted by molar-refractivity contribution is 4.97. The summed E-state index contributed by atoms with van der Waals surface area (Å²) in [6.07, 6.45) is 22.1. The number of hydrogen-bond donors (Lipinski definition) is 0.